The lowest BCUT2D eigenvalue weighted by atomic mass is 9.84. The average Bonchev–Trinajstić information content (AvgIpc) is 2.34. The van der Waals surface area contributed by atoms with Crippen LogP contribution in [0.3, 0.4) is 0 Å². The summed E-state index contributed by atoms with van der Waals surface area (Å²) in [4.78, 5) is 3.87. The van der Waals surface area contributed by atoms with Gasteiger partial charge in [-0.1, -0.05) is 6.42 Å². The third-order valence-electron chi connectivity index (χ3n) is 3.97. The van der Waals surface area contributed by atoms with E-state index >= 15 is 0 Å². The molecule has 0 unspecified atom stereocenters. The van der Waals surface area contributed by atoms with Crippen LogP contribution in [-0.2, 0) is 10.0 Å². The van der Waals surface area contributed by atoms with Crippen molar-refractivity contribution in [1.29, 1.82) is 5.26 Å². The molecule has 1 fully saturated rings. The van der Waals surface area contributed by atoms with Gasteiger partial charge in [-0.2, -0.15) is 5.26 Å². The number of sulfonamides is 1. The van der Waals surface area contributed by atoms with Crippen LogP contribution in [-0.4, -0.2) is 30.2 Å². The molecule has 0 saturated heterocycles. The fourth-order valence-corrected chi connectivity index (χ4v) is 4.73. The first kappa shape index (κ1) is 17.5. The van der Waals surface area contributed by atoms with E-state index in [0.29, 0.717) is 18.5 Å². The molecule has 23 heavy (non-hydrogen) atoms. The number of nitriles is 1. The Hall–Kier alpha value is -1.85. The quantitative estimate of drug-likeness (QED) is 0.750. The number of nitrogens with one attached hydrogen (secondary N) is 2. The molecule has 1 aliphatic rings. The van der Waals surface area contributed by atoms with Gasteiger partial charge in [-0.25, -0.2) is 18.1 Å². The Labute approximate surface area is 137 Å². The number of nitrogens with zero attached hydrogens (tertiary/aromatic N) is 2. The van der Waals surface area contributed by atoms with Crippen molar-refractivity contribution in [3.05, 3.63) is 17.8 Å². The normalized spacial score (nSPS) is 17.1. The molecule has 0 radical (unpaired) electrons. The third-order valence-corrected chi connectivity index (χ3v) is 6.54. The van der Waals surface area contributed by atoms with Crippen LogP contribution in [0.2, 0.25) is 0 Å². The molecule has 7 nitrogen and oxygen atoms in total. The lowest BCUT2D eigenvalue weighted by Gasteiger charge is -2.42. The van der Waals surface area contributed by atoms with Gasteiger partial charge < -0.3 is 11.1 Å². The van der Waals surface area contributed by atoms with E-state index in [0.717, 1.165) is 6.42 Å². The van der Waals surface area contributed by atoms with E-state index in [2.05, 4.69) is 15.0 Å². The number of rotatable bonds is 5. The minimum absolute atomic E-state index is 0.135. The van der Waals surface area contributed by atoms with Crippen molar-refractivity contribution in [2.75, 3.05) is 17.6 Å². The van der Waals surface area contributed by atoms with E-state index in [-0.39, 0.29) is 17.9 Å². The van der Waals surface area contributed by atoms with Crippen LogP contribution < -0.4 is 15.8 Å². The standard InChI is InChI=1S/C15H23N5O2S/c1-14(2,3)20-23(21,22)15(6-4-7-15)10-19-12-5-8-18-13(17)11(12)9-16/h5,8,20H,4,6-7,10H2,1-3H3,(H3,17,18,19). The lowest BCUT2D eigenvalue weighted by Crippen LogP contribution is -2.58. The van der Waals surface area contributed by atoms with E-state index in [1.807, 2.05) is 26.8 Å². The van der Waals surface area contributed by atoms with E-state index in [4.69, 9.17) is 5.73 Å². The molecule has 1 aromatic rings. The molecule has 126 valence electrons. The minimum Gasteiger partial charge on any atom is -0.383 e. The summed E-state index contributed by atoms with van der Waals surface area (Å²) in [6.45, 7) is 5.70. The Morgan fingerprint density at radius 1 is 1.43 bits per heavy atom. The number of aromatic nitrogens is 1. The zero-order valence-electron chi connectivity index (χ0n) is 13.7. The molecule has 1 aliphatic carbocycles. The van der Waals surface area contributed by atoms with Gasteiger partial charge in [0.05, 0.1) is 5.69 Å². The summed E-state index contributed by atoms with van der Waals surface area (Å²) in [5.74, 6) is 0.135. The second kappa shape index (κ2) is 5.98. The SMILES string of the molecule is CC(C)(C)NS(=O)(=O)C1(CNc2ccnc(N)c2C#N)CCC1. The highest BCUT2D eigenvalue weighted by Gasteiger charge is 2.49. The largest absolute Gasteiger partial charge is 0.383 e. The maximum atomic E-state index is 12.7. The summed E-state index contributed by atoms with van der Waals surface area (Å²) in [6.07, 6.45) is 3.55. The Balaban J connectivity index is 2.21. The average molecular weight is 337 g/mol. The van der Waals surface area contributed by atoms with Gasteiger partial charge in [0.15, 0.2) is 0 Å². The predicted octanol–water partition coefficient (Wildman–Crippen LogP) is 1.59. The number of nitrogens with two attached hydrogens (primary N) is 1. The topological polar surface area (TPSA) is 121 Å². The molecule has 1 saturated carbocycles. The minimum atomic E-state index is -3.48. The molecule has 1 heterocycles. The zero-order chi connectivity index (χ0) is 17.3. The van der Waals surface area contributed by atoms with E-state index in [9.17, 15) is 13.7 Å². The first-order valence-electron chi connectivity index (χ1n) is 7.52. The summed E-state index contributed by atoms with van der Waals surface area (Å²) >= 11 is 0. The molecule has 1 aromatic heterocycles. The second-order valence-electron chi connectivity index (χ2n) is 6.98. The molecule has 0 aliphatic heterocycles. The van der Waals surface area contributed by atoms with Gasteiger partial charge in [0.25, 0.3) is 0 Å². The molecular weight excluding hydrogens is 314 g/mol. The van der Waals surface area contributed by atoms with Crippen molar-refractivity contribution in [3.63, 3.8) is 0 Å². The number of nitrogen functional groups attached to an aromatic ring is 1. The summed E-state index contributed by atoms with van der Waals surface area (Å²) in [5, 5.41) is 12.2. The van der Waals surface area contributed by atoms with Crippen molar-refractivity contribution in [1.82, 2.24) is 9.71 Å². The maximum Gasteiger partial charge on any atom is 0.219 e. The van der Waals surface area contributed by atoms with Crippen LogP contribution in [0.15, 0.2) is 12.3 Å². The molecule has 2 rings (SSSR count). The Kier molecular flexibility index (Phi) is 4.55. The van der Waals surface area contributed by atoms with Crippen LogP contribution in [0.1, 0.15) is 45.6 Å². The molecule has 0 bridgehead atoms. The van der Waals surface area contributed by atoms with Crippen molar-refractivity contribution in [2.24, 2.45) is 0 Å². The molecule has 4 N–H and O–H groups in total. The Morgan fingerprint density at radius 3 is 2.57 bits per heavy atom. The second-order valence-corrected chi connectivity index (χ2v) is 9.05. The van der Waals surface area contributed by atoms with Gasteiger partial charge in [-0.15, -0.1) is 0 Å². The van der Waals surface area contributed by atoms with Crippen molar-refractivity contribution >= 4 is 21.5 Å². The van der Waals surface area contributed by atoms with E-state index in [1.165, 1.54) is 6.20 Å². The fourth-order valence-electron chi connectivity index (χ4n) is 2.62. The van der Waals surface area contributed by atoms with Crippen LogP contribution in [0.25, 0.3) is 0 Å². The van der Waals surface area contributed by atoms with E-state index < -0.39 is 20.3 Å². The van der Waals surface area contributed by atoms with Crippen molar-refractivity contribution in [2.45, 2.75) is 50.3 Å². The molecule has 8 heteroatoms. The zero-order valence-corrected chi connectivity index (χ0v) is 14.5. The van der Waals surface area contributed by atoms with Crippen LogP contribution in [0.4, 0.5) is 11.5 Å². The van der Waals surface area contributed by atoms with Crippen LogP contribution in [0.5, 0.6) is 0 Å². The fraction of sp³-hybridized carbons (Fsp3) is 0.600. The number of anilines is 2. The first-order valence-corrected chi connectivity index (χ1v) is 9.01. The number of hydrogen-bond donors (Lipinski definition) is 3. The Bertz CT molecular complexity index is 727. The molecule has 0 spiro atoms. The summed E-state index contributed by atoms with van der Waals surface area (Å²) in [7, 11) is -3.48. The highest BCUT2D eigenvalue weighted by molar-refractivity contribution is 7.91. The molecule has 0 aromatic carbocycles. The highest BCUT2D eigenvalue weighted by atomic mass is 32.2. The van der Waals surface area contributed by atoms with Crippen LogP contribution in [0, 0.1) is 11.3 Å². The predicted molar refractivity (Wildman–Crippen MR) is 90.2 cm³/mol. The van der Waals surface area contributed by atoms with Crippen LogP contribution >= 0.6 is 0 Å². The smallest absolute Gasteiger partial charge is 0.219 e. The third kappa shape index (κ3) is 3.57. The molecule has 0 amide bonds. The van der Waals surface area contributed by atoms with Crippen molar-refractivity contribution < 1.29 is 8.42 Å². The van der Waals surface area contributed by atoms with Crippen molar-refractivity contribution in [3.8, 4) is 6.07 Å². The van der Waals surface area contributed by atoms with Gasteiger partial charge in [0, 0.05) is 18.3 Å². The summed E-state index contributed by atoms with van der Waals surface area (Å²) in [5.41, 5.74) is 5.91. The van der Waals surface area contributed by atoms with Gasteiger partial charge in [0.2, 0.25) is 10.0 Å². The van der Waals surface area contributed by atoms with Gasteiger partial charge in [-0.3, -0.25) is 0 Å². The summed E-state index contributed by atoms with van der Waals surface area (Å²) < 4.78 is 27.4. The monoisotopic (exact) mass is 337 g/mol. The summed E-state index contributed by atoms with van der Waals surface area (Å²) in [6, 6.07) is 3.63. The van der Waals surface area contributed by atoms with Gasteiger partial charge >= 0.3 is 0 Å². The maximum absolute atomic E-state index is 12.7. The lowest BCUT2D eigenvalue weighted by molar-refractivity contribution is 0.339. The van der Waals surface area contributed by atoms with E-state index in [1.54, 1.807) is 6.07 Å². The Morgan fingerprint density at radius 2 is 2.09 bits per heavy atom. The first-order chi connectivity index (χ1) is 10.6. The molecule has 0 atom stereocenters. The van der Waals surface area contributed by atoms with Gasteiger partial charge in [-0.05, 0) is 39.7 Å². The molecular formula is C15H23N5O2S. The van der Waals surface area contributed by atoms with Gasteiger partial charge in [0.1, 0.15) is 22.2 Å². The number of pyridine rings is 1. The number of hydrogen-bond acceptors (Lipinski definition) is 6. The highest BCUT2D eigenvalue weighted by Crippen LogP contribution is 2.40.